The summed E-state index contributed by atoms with van der Waals surface area (Å²) in [6, 6.07) is 66.0. The van der Waals surface area contributed by atoms with Gasteiger partial charge in [0.15, 0.2) is 0 Å². The molecule has 45 heavy (non-hydrogen) atoms. The third kappa shape index (κ3) is 8.05. The second-order valence-electron chi connectivity index (χ2n) is 11.4. The van der Waals surface area contributed by atoms with E-state index in [1.54, 1.807) is 0 Å². The first kappa shape index (κ1) is 31.5. The van der Waals surface area contributed by atoms with E-state index in [4.69, 9.17) is 0 Å². The quantitative estimate of drug-likeness (QED) is 0.131. The summed E-state index contributed by atoms with van der Waals surface area (Å²) in [5.41, 5.74) is -0.327. The standard InChI is InChI=1S/C41H39OP3/c42-31-41(32-43(35-19-7-1-8-20-35)36-21-9-2-10-22-36,33-44(37-23-11-3-12-24-37)38-25-13-4-14-26-38)34-45(39-27-15-5-16-28-39)40-29-17-6-18-30-40/h1-30,42H,31-34H2. The lowest BCUT2D eigenvalue weighted by Crippen LogP contribution is -2.41. The SMILES string of the molecule is OCC(CP(c1ccccc1)c1ccccc1)(CP(c1ccccc1)c1ccccc1)CP(c1ccccc1)c1ccccc1. The Morgan fingerprint density at radius 2 is 0.489 bits per heavy atom. The molecule has 0 aromatic heterocycles. The molecule has 6 aromatic carbocycles. The first-order valence-corrected chi connectivity index (χ1v) is 20.1. The molecule has 0 amide bonds. The maximum Gasteiger partial charge on any atom is 0.0498 e. The molecule has 0 aliphatic rings. The largest absolute Gasteiger partial charge is 0.396 e. The first-order valence-electron chi connectivity index (χ1n) is 15.5. The summed E-state index contributed by atoms with van der Waals surface area (Å²) in [4.78, 5) is 0. The number of aliphatic hydroxyl groups excluding tert-OH is 1. The molecule has 0 bridgehead atoms. The van der Waals surface area contributed by atoms with E-state index in [0.717, 1.165) is 18.5 Å². The van der Waals surface area contributed by atoms with Crippen LogP contribution >= 0.6 is 23.8 Å². The van der Waals surface area contributed by atoms with Gasteiger partial charge in [-0.15, -0.1) is 0 Å². The lowest BCUT2D eigenvalue weighted by molar-refractivity contribution is 0.186. The zero-order valence-electron chi connectivity index (χ0n) is 25.4. The minimum atomic E-state index is -0.721. The number of aliphatic hydroxyl groups is 1. The highest BCUT2D eigenvalue weighted by atomic mass is 31.1. The van der Waals surface area contributed by atoms with Crippen LogP contribution < -0.4 is 31.8 Å². The normalized spacial score (nSPS) is 11.7. The fraction of sp³-hybridized carbons (Fsp3) is 0.122. The van der Waals surface area contributed by atoms with E-state index in [2.05, 4.69) is 182 Å². The van der Waals surface area contributed by atoms with Crippen LogP contribution in [0.3, 0.4) is 0 Å². The van der Waals surface area contributed by atoms with Crippen LogP contribution in [0.2, 0.25) is 0 Å². The Bertz CT molecular complexity index is 1380. The van der Waals surface area contributed by atoms with Gasteiger partial charge in [0.05, 0.1) is 0 Å². The van der Waals surface area contributed by atoms with E-state index in [1.807, 2.05) is 0 Å². The lowest BCUT2D eigenvalue weighted by Gasteiger charge is -2.41. The Hall–Kier alpha value is -3.43. The van der Waals surface area contributed by atoms with Crippen molar-refractivity contribution in [2.45, 2.75) is 0 Å². The molecular weight excluding hydrogens is 601 g/mol. The average molecular weight is 641 g/mol. The second-order valence-corrected chi connectivity index (χ2v) is 18.0. The smallest absolute Gasteiger partial charge is 0.0498 e. The van der Waals surface area contributed by atoms with Gasteiger partial charge in [-0.3, -0.25) is 0 Å². The van der Waals surface area contributed by atoms with Gasteiger partial charge in [-0.2, -0.15) is 0 Å². The van der Waals surface area contributed by atoms with Crippen molar-refractivity contribution in [1.29, 1.82) is 0 Å². The molecular formula is C41H39OP3. The minimum Gasteiger partial charge on any atom is -0.396 e. The van der Waals surface area contributed by atoms with Crippen LogP contribution in [0.4, 0.5) is 0 Å². The van der Waals surface area contributed by atoms with Crippen LogP contribution in [0.1, 0.15) is 0 Å². The number of benzene rings is 6. The van der Waals surface area contributed by atoms with Gasteiger partial charge in [-0.05, 0) is 74.1 Å². The van der Waals surface area contributed by atoms with Gasteiger partial charge >= 0.3 is 0 Å². The number of hydrogen-bond acceptors (Lipinski definition) is 1. The Labute approximate surface area is 272 Å². The fourth-order valence-electron chi connectivity index (χ4n) is 5.95. The summed E-state index contributed by atoms with van der Waals surface area (Å²) in [5, 5.41) is 20.0. The van der Waals surface area contributed by atoms with Crippen molar-refractivity contribution in [3.63, 3.8) is 0 Å². The zero-order valence-corrected chi connectivity index (χ0v) is 28.1. The first-order chi connectivity index (χ1) is 22.2. The number of hydrogen-bond donors (Lipinski definition) is 1. The van der Waals surface area contributed by atoms with Crippen LogP contribution in [0, 0.1) is 5.41 Å². The molecule has 1 N–H and O–H groups in total. The Kier molecular flexibility index (Phi) is 11.0. The van der Waals surface area contributed by atoms with Gasteiger partial charge in [-0.25, -0.2) is 0 Å². The average Bonchev–Trinajstić information content (AvgIpc) is 3.14. The van der Waals surface area contributed by atoms with Gasteiger partial charge in [-0.1, -0.05) is 182 Å². The van der Waals surface area contributed by atoms with E-state index in [1.165, 1.54) is 31.8 Å². The summed E-state index contributed by atoms with van der Waals surface area (Å²) in [6.07, 6.45) is 2.76. The van der Waals surface area contributed by atoms with Gasteiger partial charge in [0.2, 0.25) is 0 Å². The maximum absolute atomic E-state index is 11.8. The molecule has 0 saturated carbocycles. The predicted molar refractivity (Wildman–Crippen MR) is 201 cm³/mol. The van der Waals surface area contributed by atoms with Crippen molar-refractivity contribution in [2.24, 2.45) is 5.41 Å². The molecule has 0 spiro atoms. The summed E-state index contributed by atoms with van der Waals surface area (Å²) in [6.45, 7) is 0.141. The highest BCUT2D eigenvalue weighted by Crippen LogP contribution is 2.52. The third-order valence-electron chi connectivity index (χ3n) is 8.22. The van der Waals surface area contributed by atoms with Crippen LogP contribution in [0.25, 0.3) is 0 Å². The molecule has 0 aliphatic heterocycles. The van der Waals surface area contributed by atoms with Crippen molar-refractivity contribution in [3.05, 3.63) is 182 Å². The third-order valence-corrected chi connectivity index (χ3v) is 16.7. The molecule has 0 aliphatic carbocycles. The Morgan fingerprint density at radius 3 is 0.644 bits per heavy atom. The molecule has 6 rings (SSSR count). The van der Waals surface area contributed by atoms with Crippen LogP contribution in [-0.4, -0.2) is 30.2 Å². The van der Waals surface area contributed by atoms with Crippen LogP contribution in [0.5, 0.6) is 0 Å². The summed E-state index contributed by atoms with van der Waals surface area (Å²) < 4.78 is 0. The van der Waals surface area contributed by atoms with Gasteiger partial charge in [0, 0.05) is 12.0 Å². The maximum atomic E-state index is 11.8. The van der Waals surface area contributed by atoms with E-state index < -0.39 is 23.8 Å². The predicted octanol–water partition coefficient (Wildman–Crippen LogP) is 7.36. The molecule has 0 radical (unpaired) electrons. The lowest BCUT2D eigenvalue weighted by atomic mass is 9.97. The van der Waals surface area contributed by atoms with Gasteiger partial charge in [0.25, 0.3) is 0 Å². The monoisotopic (exact) mass is 640 g/mol. The minimum absolute atomic E-state index is 0.141. The molecule has 6 aromatic rings. The van der Waals surface area contributed by atoms with Crippen molar-refractivity contribution in [3.8, 4) is 0 Å². The zero-order chi connectivity index (χ0) is 30.7. The van der Waals surface area contributed by atoms with Crippen LogP contribution in [0.15, 0.2) is 182 Å². The van der Waals surface area contributed by atoms with Gasteiger partial charge in [0.1, 0.15) is 0 Å². The highest BCUT2D eigenvalue weighted by molar-refractivity contribution is 7.75. The van der Waals surface area contributed by atoms with E-state index in [9.17, 15) is 5.11 Å². The molecule has 0 heterocycles. The number of rotatable bonds is 13. The molecule has 0 atom stereocenters. The topological polar surface area (TPSA) is 20.2 Å². The van der Waals surface area contributed by atoms with Crippen molar-refractivity contribution in [2.75, 3.05) is 25.1 Å². The van der Waals surface area contributed by atoms with Crippen molar-refractivity contribution >= 4 is 55.6 Å². The Morgan fingerprint density at radius 1 is 0.311 bits per heavy atom. The highest BCUT2D eigenvalue weighted by Gasteiger charge is 2.39. The Balaban J connectivity index is 1.51. The van der Waals surface area contributed by atoms with Gasteiger partial charge < -0.3 is 5.11 Å². The fourth-order valence-corrected chi connectivity index (χ4v) is 14.6. The van der Waals surface area contributed by atoms with Crippen molar-refractivity contribution in [1.82, 2.24) is 0 Å². The molecule has 0 saturated heterocycles. The van der Waals surface area contributed by atoms with Crippen molar-refractivity contribution < 1.29 is 5.11 Å². The van der Waals surface area contributed by atoms with E-state index in [-0.39, 0.29) is 12.0 Å². The summed E-state index contributed by atoms with van der Waals surface area (Å²) in [5.74, 6) is 0. The molecule has 224 valence electrons. The molecule has 0 unspecified atom stereocenters. The summed E-state index contributed by atoms with van der Waals surface area (Å²) in [7, 11) is -2.16. The second kappa shape index (κ2) is 15.7. The molecule has 0 fully saturated rings. The van der Waals surface area contributed by atoms with Crippen LogP contribution in [-0.2, 0) is 0 Å². The van der Waals surface area contributed by atoms with E-state index >= 15 is 0 Å². The molecule has 4 heteroatoms. The van der Waals surface area contributed by atoms with E-state index in [0.29, 0.717) is 0 Å². The molecule has 1 nitrogen and oxygen atoms in total. The summed E-state index contributed by atoms with van der Waals surface area (Å²) >= 11 is 0.